The highest BCUT2D eigenvalue weighted by Crippen LogP contribution is 2.43. The maximum Gasteiger partial charge on any atom is 0.300 e. The van der Waals surface area contributed by atoms with Crippen molar-refractivity contribution in [1.82, 2.24) is 4.98 Å². The van der Waals surface area contributed by atoms with Gasteiger partial charge in [0.25, 0.3) is 11.7 Å². The van der Waals surface area contributed by atoms with Crippen molar-refractivity contribution in [2.24, 2.45) is 0 Å². The van der Waals surface area contributed by atoms with E-state index in [-0.39, 0.29) is 17.0 Å². The number of amides is 1. The molecule has 1 atom stereocenters. The second kappa shape index (κ2) is 7.31. The zero-order valence-electron chi connectivity index (χ0n) is 15.5. The van der Waals surface area contributed by atoms with E-state index in [1.807, 2.05) is 19.1 Å². The number of aryl methyl sites for hydroxylation is 1. The Morgan fingerprint density at radius 2 is 1.76 bits per heavy atom. The average molecular weight is 388 g/mol. The monoisotopic (exact) mass is 388 g/mol. The minimum Gasteiger partial charge on any atom is -0.507 e. The summed E-state index contributed by atoms with van der Waals surface area (Å²) in [6, 6.07) is 15.0. The number of pyridine rings is 1. The fraction of sp³-hybridized carbons (Fsp3) is 0.0870. The summed E-state index contributed by atoms with van der Waals surface area (Å²) < 4.78 is 13.9. The number of carbonyl (C=O) groups excluding carboxylic acids is 2. The Morgan fingerprint density at radius 1 is 1.03 bits per heavy atom. The summed E-state index contributed by atoms with van der Waals surface area (Å²) in [6.45, 7) is 1.85. The van der Waals surface area contributed by atoms with E-state index in [0.717, 1.165) is 5.56 Å². The molecule has 1 aliphatic rings. The van der Waals surface area contributed by atoms with E-state index in [9.17, 15) is 19.1 Å². The number of ketones is 1. The van der Waals surface area contributed by atoms with E-state index in [0.29, 0.717) is 11.1 Å². The highest BCUT2D eigenvalue weighted by molar-refractivity contribution is 6.51. The third-order valence-corrected chi connectivity index (χ3v) is 4.97. The van der Waals surface area contributed by atoms with Gasteiger partial charge in [0.1, 0.15) is 11.6 Å². The predicted octanol–water partition coefficient (Wildman–Crippen LogP) is 4.16. The van der Waals surface area contributed by atoms with Crippen molar-refractivity contribution in [3.63, 3.8) is 0 Å². The molecule has 0 radical (unpaired) electrons. The van der Waals surface area contributed by atoms with Crippen LogP contribution in [0.1, 0.15) is 22.7 Å². The maximum absolute atomic E-state index is 13.9. The second-order valence-corrected chi connectivity index (χ2v) is 6.74. The first-order valence-electron chi connectivity index (χ1n) is 9.01. The molecule has 5 nitrogen and oxygen atoms in total. The van der Waals surface area contributed by atoms with Crippen molar-refractivity contribution >= 4 is 23.1 Å². The molecule has 1 N–H and O–H groups in total. The van der Waals surface area contributed by atoms with Gasteiger partial charge in [-0.05, 0) is 48.4 Å². The molecular formula is C23H17FN2O3. The Hall–Kier alpha value is -3.80. The van der Waals surface area contributed by atoms with Gasteiger partial charge in [0.15, 0.2) is 0 Å². The number of hydrogen-bond donors (Lipinski definition) is 1. The van der Waals surface area contributed by atoms with Crippen LogP contribution in [0.25, 0.3) is 5.76 Å². The molecule has 29 heavy (non-hydrogen) atoms. The molecule has 4 rings (SSSR count). The minimum absolute atomic E-state index is 0.0419. The number of benzene rings is 2. The standard InChI is InChI=1S/C23H17FN2O3/c1-14-5-2-3-8-18(14)20-19(21(27)15-9-11-25-12-10-15)22(28)23(29)26(20)17-7-4-6-16(24)13-17/h2-13,20,27H,1H3/b21-19+. The second-order valence-electron chi connectivity index (χ2n) is 6.74. The number of nitrogens with zero attached hydrogens (tertiary/aromatic N) is 2. The van der Waals surface area contributed by atoms with E-state index in [1.54, 1.807) is 30.3 Å². The number of aliphatic hydroxyl groups excluding tert-OH is 1. The van der Waals surface area contributed by atoms with Crippen LogP contribution in [-0.2, 0) is 9.59 Å². The highest BCUT2D eigenvalue weighted by atomic mass is 19.1. The van der Waals surface area contributed by atoms with Gasteiger partial charge < -0.3 is 5.11 Å². The summed E-state index contributed by atoms with van der Waals surface area (Å²) in [4.78, 5) is 31.1. The van der Waals surface area contributed by atoms with Gasteiger partial charge in [-0.3, -0.25) is 19.5 Å². The van der Waals surface area contributed by atoms with Gasteiger partial charge in [-0.1, -0.05) is 30.3 Å². The van der Waals surface area contributed by atoms with Gasteiger partial charge in [-0.25, -0.2) is 4.39 Å². The minimum atomic E-state index is -0.883. The lowest BCUT2D eigenvalue weighted by Crippen LogP contribution is -2.29. The summed E-state index contributed by atoms with van der Waals surface area (Å²) in [5.74, 6) is -2.46. The molecule has 0 aliphatic carbocycles. The van der Waals surface area contributed by atoms with Crippen molar-refractivity contribution in [2.75, 3.05) is 4.90 Å². The number of Topliss-reactive ketones (excluding diaryl/α,β-unsaturated/α-hetero) is 1. The van der Waals surface area contributed by atoms with Crippen LogP contribution in [0.5, 0.6) is 0 Å². The molecule has 1 fully saturated rings. The number of anilines is 1. The van der Waals surface area contributed by atoms with Crippen LogP contribution in [0.4, 0.5) is 10.1 Å². The average Bonchev–Trinajstić information content (AvgIpc) is 2.99. The Morgan fingerprint density at radius 3 is 2.45 bits per heavy atom. The fourth-order valence-electron chi connectivity index (χ4n) is 3.58. The van der Waals surface area contributed by atoms with Crippen LogP contribution < -0.4 is 4.90 Å². The van der Waals surface area contributed by atoms with Gasteiger partial charge in [0.05, 0.1) is 11.6 Å². The zero-order chi connectivity index (χ0) is 20.5. The molecule has 0 bridgehead atoms. The largest absolute Gasteiger partial charge is 0.507 e. The Labute approximate surface area is 166 Å². The maximum atomic E-state index is 13.9. The first kappa shape index (κ1) is 18.6. The van der Waals surface area contributed by atoms with Crippen molar-refractivity contribution in [1.29, 1.82) is 0 Å². The molecular weight excluding hydrogens is 371 g/mol. The molecule has 2 aromatic carbocycles. The van der Waals surface area contributed by atoms with Crippen molar-refractivity contribution in [3.8, 4) is 0 Å². The fourth-order valence-corrected chi connectivity index (χ4v) is 3.58. The van der Waals surface area contributed by atoms with Crippen LogP contribution in [0, 0.1) is 12.7 Å². The van der Waals surface area contributed by atoms with E-state index >= 15 is 0 Å². The lowest BCUT2D eigenvalue weighted by molar-refractivity contribution is -0.132. The molecule has 1 saturated heterocycles. The summed E-state index contributed by atoms with van der Waals surface area (Å²) in [5, 5.41) is 10.9. The van der Waals surface area contributed by atoms with E-state index < -0.39 is 23.5 Å². The number of hydrogen-bond acceptors (Lipinski definition) is 4. The molecule has 1 aromatic heterocycles. The third-order valence-electron chi connectivity index (χ3n) is 4.97. The Kier molecular flexibility index (Phi) is 4.68. The Bertz CT molecular complexity index is 1140. The number of aromatic nitrogens is 1. The van der Waals surface area contributed by atoms with Crippen molar-refractivity contribution < 1.29 is 19.1 Å². The van der Waals surface area contributed by atoms with E-state index in [4.69, 9.17) is 0 Å². The van der Waals surface area contributed by atoms with E-state index in [2.05, 4.69) is 4.98 Å². The van der Waals surface area contributed by atoms with Crippen LogP contribution in [0.2, 0.25) is 0 Å². The van der Waals surface area contributed by atoms with Crippen LogP contribution in [0.3, 0.4) is 0 Å². The lowest BCUT2D eigenvalue weighted by Gasteiger charge is -2.26. The topological polar surface area (TPSA) is 70.5 Å². The Balaban J connectivity index is 1.99. The molecule has 1 unspecified atom stereocenters. The molecule has 3 aromatic rings. The molecule has 2 heterocycles. The van der Waals surface area contributed by atoms with Gasteiger partial charge in [0.2, 0.25) is 0 Å². The molecule has 0 spiro atoms. The highest BCUT2D eigenvalue weighted by Gasteiger charge is 2.47. The molecule has 6 heteroatoms. The summed E-state index contributed by atoms with van der Waals surface area (Å²) in [7, 11) is 0. The van der Waals surface area contributed by atoms with E-state index in [1.165, 1.54) is 35.5 Å². The summed E-state index contributed by atoms with van der Waals surface area (Å²) >= 11 is 0. The number of halogens is 1. The lowest BCUT2D eigenvalue weighted by atomic mass is 9.92. The molecule has 1 aliphatic heterocycles. The summed E-state index contributed by atoms with van der Waals surface area (Å²) in [6.07, 6.45) is 2.97. The smallest absolute Gasteiger partial charge is 0.300 e. The number of rotatable bonds is 3. The predicted molar refractivity (Wildman–Crippen MR) is 107 cm³/mol. The summed E-state index contributed by atoms with van der Waals surface area (Å²) in [5.41, 5.74) is 2.08. The normalized spacial score (nSPS) is 18.3. The van der Waals surface area contributed by atoms with Crippen LogP contribution in [0.15, 0.2) is 78.6 Å². The zero-order valence-corrected chi connectivity index (χ0v) is 15.5. The number of carbonyl (C=O) groups is 2. The third kappa shape index (κ3) is 3.18. The van der Waals surface area contributed by atoms with Crippen LogP contribution in [-0.4, -0.2) is 21.8 Å². The van der Waals surface area contributed by atoms with Gasteiger partial charge in [-0.2, -0.15) is 0 Å². The van der Waals surface area contributed by atoms with Crippen molar-refractivity contribution in [3.05, 3.63) is 101 Å². The van der Waals surface area contributed by atoms with Crippen LogP contribution >= 0.6 is 0 Å². The molecule has 0 saturated carbocycles. The van der Waals surface area contributed by atoms with Gasteiger partial charge >= 0.3 is 0 Å². The first-order chi connectivity index (χ1) is 14.0. The quantitative estimate of drug-likeness (QED) is 0.416. The first-order valence-corrected chi connectivity index (χ1v) is 9.01. The molecule has 1 amide bonds. The number of aliphatic hydroxyl groups is 1. The van der Waals surface area contributed by atoms with Gasteiger partial charge in [0, 0.05) is 23.6 Å². The SMILES string of the molecule is Cc1ccccc1C1/C(=C(\O)c2ccncc2)C(=O)C(=O)N1c1cccc(F)c1. The van der Waals surface area contributed by atoms with Gasteiger partial charge in [-0.15, -0.1) is 0 Å². The van der Waals surface area contributed by atoms with Crippen molar-refractivity contribution in [2.45, 2.75) is 13.0 Å². The molecule has 144 valence electrons.